The molecule has 21 heavy (non-hydrogen) atoms. The number of carbonyl (C=O) groups is 4. The van der Waals surface area contributed by atoms with E-state index in [1.807, 2.05) is 0 Å². The molecule has 0 spiro atoms. The summed E-state index contributed by atoms with van der Waals surface area (Å²) in [5.41, 5.74) is 0.278. The third-order valence-electron chi connectivity index (χ3n) is 2.45. The van der Waals surface area contributed by atoms with Crippen LogP contribution in [-0.2, 0) is 23.9 Å². The Kier molecular flexibility index (Phi) is 7.40. The number of ether oxygens (including phenoxy) is 1. The van der Waals surface area contributed by atoms with Crippen molar-refractivity contribution in [2.75, 3.05) is 0 Å². The maximum atomic E-state index is 11.3. The van der Waals surface area contributed by atoms with Crippen LogP contribution >= 0.6 is 0 Å². The highest BCUT2D eigenvalue weighted by Gasteiger charge is 2.27. The van der Waals surface area contributed by atoms with Crippen molar-refractivity contribution in [2.24, 2.45) is 0 Å². The minimum atomic E-state index is -1.85. The van der Waals surface area contributed by atoms with Crippen molar-refractivity contribution in [1.29, 1.82) is 0 Å². The van der Waals surface area contributed by atoms with E-state index in [0.29, 0.717) is 0 Å². The van der Waals surface area contributed by atoms with Crippen molar-refractivity contribution in [3.05, 3.63) is 24.3 Å². The van der Waals surface area contributed by atoms with Gasteiger partial charge in [-0.05, 0) is 25.0 Å². The van der Waals surface area contributed by atoms with Gasteiger partial charge in [-0.25, -0.2) is 9.59 Å². The normalized spacial score (nSPS) is 13.0. The molecule has 0 saturated carbocycles. The highest BCUT2D eigenvalue weighted by Crippen LogP contribution is 2.06. The monoisotopic (exact) mass is 298 g/mol. The van der Waals surface area contributed by atoms with Crippen molar-refractivity contribution < 1.29 is 34.1 Å². The Morgan fingerprint density at radius 2 is 1.14 bits per heavy atom. The van der Waals surface area contributed by atoms with Crippen LogP contribution < -0.4 is 0 Å². The zero-order valence-corrected chi connectivity index (χ0v) is 11.9. The Bertz CT molecular complexity index is 446. The standard InChI is InChI=1S/C14H18O7/c1-7(2)9(15)5-11(17)13(19)21-14(20)12(18)6-10(16)8(3)4/h11-12,17-18H,1,3,5-6H2,2,4H3. The summed E-state index contributed by atoms with van der Waals surface area (Å²) in [5, 5.41) is 18.8. The molecule has 0 radical (unpaired) electrons. The highest BCUT2D eigenvalue weighted by atomic mass is 16.6. The molecule has 0 aliphatic rings. The Morgan fingerprint density at radius 3 is 1.38 bits per heavy atom. The summed E-state index contributed by atoms with van der Waals surface area (Å²) in [6.07, 6.45) is -4.85. The van der Waals surface area contributed by atoms with Gasteiger partial charge in [0, 0.05) is 12.8 Å². The summed E-state index contributed by atoms with van der Waals surface area (Å²) >= 11 is 0. The number of aliphatic hydroxyl groups excluding tert-OH is 2. The topological polar surface area (TPSA) is 118 Å². The van der Waals surface area contributed by atoms with Crippen LogP contribution in [0.25, 0.3) is 0 Å². The third-order valence-corrected chi connectivity index (χ3v) is 2.45. The van der Waals surface area contributed by atoms with Crippen LogP contribution in [0.15, 0.2) is 24.3 Å². The number of ketones is 2. The molecule has 0 bridgehead atoms. The molecule has 0 aromatic rings. The van der Waals surface area contributed by atoms with E-state index >= 15 is 0 Å². The number of rotatable bonds is 8. The minimum absolute atomic E-state index is 0.139. The van der Waals surface area contributed by atoms with Crippen LogP contribution in [0.1, 0.15) is 26.7 Å². The van der Waals surface area contributed by atoms with Gasteiger partial charge in [0.05, 0.1) is 0 Å². The molecular weight excluding hydrogens is 280 g/mol. The molecule has 7 heteroatoms. The maximum Gasteiger partial charge on any atom is 0.343 e. The fourth-order valence-electron chi connectivity index (χ4n) is 1.10. The maximum absolute atomic E-state index is 11.3. The largest absolute Gasteiger partial charge is 0.389 e. The number of Topliss-reactive ketones (excluding diaryl/α,β-unsaturated/α-hetero) is 2. The molecule has 0 fully saturated rings. The summed E-state index contributed by atoms with van der Waals surface area (Å²) in [5.74, 6) is -3.89. The van der Waals surface area contributed by atoms with E-state index in [1.165, 1.54) is 13.8 Å². The van der Waals surface area contributed by atoms with Crippen molar-refractivity contribution >= 4 is 23.5 Å². The predicted octanol–water partition coefficient (Wildman–Crippen LogP) is -0.151. The number of aliphatic hydroxyl groups is 2. The van der Waals surface area contributed by atoms with Crippen LogP contribution in [0.5, 0.6) is 0 Å². The van der Waals surface area contributed by atoms with Crippen molar-refractivity contribution in [3.8, 4) is 0 Å². The summed E-state index contributed by atoms with van der Waals surface area (Å²) in [4.78, 5) is 45.2. The number of hydrogen-bond acceptors (Lipinski definition) is 7. The van der Waals surface area contributed by atoms with E-state index in [4.69, 9.17) is 0 Å². The van der Waals surface area contributed by atoms with Crippen molar-refractivity contribution in [1.82, 2.24) is 0 Å². The lowest BCUT2D eigenvalue weighted by molar-refractivity contribution is -0.172. The lowest BCUT2D eigenvalue weighted by Crippen LogP contribution is -2.33. The van der Waals surface area contributed by atoms with E-state index in [1.54, 1.807) is 0 Å². The van der Waals surface area contributed by atoms with Gasteiger partial charge in [0.1, 0.15) is 0 Å². The van der Waals surface area contributed by atoms with Gasteiger partial charge in [0.25, 0.3) is 0 Å². The highest BCUT2D eigenvalue weighted by molar-refractivity contribution is 6.00. The first-order valence-electron chi connectivity index (χ1n) is 6.05. The number of allylic oxidation sites excluding steroid dienone is 2. The zero-order valence-electron chi connectivity index (χ0n) is 11.9. The second kappa shape index (κ2) is 8.23. The SMILES string of the molecule is C=C(C)C(=O)CC(O)C(=O)OC(=O)C(O)CC(=O)C(=C)C. The molecule has 2 atom stereocenters. The van der Waals surface area contributed by atoms with Crippen LogP contribution in [0.3, 0.4) is 0 Å². The predicted molar refractivity (Wildman–Crippen MR) is 72.0 cm³/mol. The number of hydrogen-bond donors (Lipinski definition) is 2. The molecule has 0 saturated heterocycles. The fourth-order valence-corrected chi connectivity index (χ4v) is 1.10. The fraction of sp³-hybridized carbons (Fsp3) is 0.429. The van der Waals surface area contributed by atoms with E-state index < -0.39 is 48.6 Å². The second-order valence-corrected chi connectivity index (χ2v) is 4.59. The van der Waals surface area contributed by atoms with Crippen LogP contribution in [0.4, 0.5) is 0 Å². The van der Waals surface area contributed by atoms with Gasteiger partial charge in [-0.3, -0.25) is 9.59 Å². The molecule has 0 aliphatic heterocycles. The van der Waals surface area contributed by atoms with Gasteiger partial charge in [-0.15, -0.1) is 0 Å². The van der Waals surface area contributed by atoms with Gasteiger partial charge in [-0.1, -0.05) is 13.2 Å². The lowest BCUT2D eigenvalue weighted by atomic mass is 10.1. The number of carbonyl (C=O) groups excluding carboxylic acids is 4. The smallest absolute Gasteiger partial charge is 0.343 e. The van der Waals surface area contributed by atoms with Crippen molar-refractivity contribution in [3.63, 3.8) is 0 Å². The van der Waals surface area contributed by atoms with E-state index in [0.717, 1.165) is 0 Å². The second-order valence-electron chi connectivity index (χ2n) is 4.59. The molecule has 116 valence electrons. The lowest BCUT2D eigenvalue weighted by Gasteiger charge is -2.11. The summed E-state index contributed by atoms with van der Waals surface area (Å²) < 4.78 is 4.19. The van der Waals surface area contributed by atoms with Crippen LogP contribution in [-0.4, -0.2) is 45.9 Å². The Labute approximate surface area is 121 Å². The Morgan fingerprint density at radius 1 is 0.857 bits per heavy atom. The molecular formula is C14H18O7. The molecule has 2 N–H and O–H groups in total. The molecule has 7 nitrogen and oxygen atoms in total. The van der Waals surface area contributed by atoms with Gasteiger partial charge in [0.2, 0.25) is 0 Å². The summed E-state index contributed by atoms with van der Waals surface area (Å²) in [7, 11) is 0. The summed E-state index contributed by atoms with van der Waals surface area (Å²) in [6, 6.07) is 0. The Balaban J connectivity index is 4.46. The average molecular weight is 298 g/mol. The van der Waals surface area contributed by atoms with Gasteiger partial charge < -0.3 is 14.9 Å². The quantitative estimate of drug-likeness (QED) is 0.363. The molecule has 0 aromatic heterocycles. The van der Waals surface area contributed by atoms with Crippen LogP contribution in [0, 0.1) is 0 Å². The van der Waals surface area contributed by atoms with Crippen molar-refractivity contribution in [2.45, 2.75) is 38.9 Å². The first-order valence-corrected chi connectivity index (χ1v) is 6.05. The molecule has 0 rings (SSSR count). The van der Waals surface area contributed by atoms with Gasteiger partial charge in [-0.2, -0.15) is 0 Å². The molecule has 0 heterocycles. The van der Waals surface area contributed by atoms with Gasteiger partial charge >= 0.3 is 11.9 Å². The first kappa shape index (κ1) is 18.9. The van der Waals surface area contributed by atoms with E-state index in [2.05, 4.69) is 17.9 Å². The molecule has 2 unspecified atom stereocenters. The van der Waals surface area contributed by atoms with E-state index in [9.17, 15) is 29.4 Å². The molecule has 0 aliphatic carbocycles. The molecule has 0 amide bonds. The summed E-state index contributed by atoms with van der Waals surface area (Å²) in [6.45, 7) is 9.48. The average Bonchev–Trinajstić information content (AvgIpc) is 2.37. The third kappa shape index (κ3) is 6.73. The molecule has 0 aromatic carbocycles. The van der Waals surface area contributed by atoms with Gasteiger partial charge in [0.15, 0.2) is 23.8 Å². The van der Waals surface area contributed by atoms with Crippen LogP contribution in [0.2, 0.25) is 0 Å². The number of esters is 2. The first-order chi connectivity index (χ1) is 9.56. The minimum Gasteiger partial charge on any atom is -0.389 e. The zero-order chi connectivity index (χ0) is 16.7. The van der Waals surface area contributed by atoms with E-state index in [-0.39, 0.29) is 11.1 Å². The Hall–Kier alpha value is -2.12.